The molecule has 2 N–H and O–H groups in total. The number of carbonyl (C=O) groups excluding carboxylic acids is 3. The molecule has 0 saturated carbocycles. The van der Waals surface area contributed by atoms with Gasteiger partial charge >= 0.3 is 12.0 Å². The Morgan fingerprint density at radius 3 is 2.39 bits per heavy atom. The second kappa shape index (κ2) is 10.1. The Morgan fingerprint density at radius 2 is 1.81 bits per heavy atom. The van der Waals surface area contributed by atoms with Gasteiger partial charge in [0.1, 0.15) is 10.6 Å². The largest absolute Gasteiger partial charge is 0.495 e. The number of morpholine rings is 1. The molecule has 0 radical (unpaired) electrons. The summed E-state index contributed by atoms with van der Waals surface area (Å²) in [6.45, 7) is 5.39. The predicted molar refractivity (Wildman–Crippen MR) is 109 cm³/mol. The van der Waals surface area contributed by atoms with Crippen molar-refractivity contribution in [2.45, 2.75) is 31.2 Å². The highest BCUT2D eigenvalue weighted by molar-refractivity contribution is 7.89. The lowest BCUT2D eigenvalue weighted by Crippen LogP contribution is -2.49. The zero-order chi connectivity index (χ0) is 23.2. The Labute approximate surface area is 181 Å². The molecule has 1 saturated heterocycles. The number of amides is 3. The fourth-order valence-corrected chi connectivity index (χ4v) is 4.27. The second-order valence-corrected chi connectivity index (χ2v) is 9.62. The van der Waals surface area contributed by atoms with Crippen molar-refractivity contribution < 1.29 is 37.0 Å². The third kappa shape index (κ3) is 6.91. The normalized spacial score (nSPS) is 15.1. The van der Waals surface area contributed by atoms with E-state index in [1.165, 1.54) is 23.5 Å². The molecule has 0 atom stereocenters. The van der Waals surface area contributed by atoms with E-state index >= 15 is 0 Å². The third-order valence-electron chi connectivity index (χ3n) is 4.06. The molecule has 1 aliphatic rings. The summed E-state index contributed by atoms with van der Waals surface area (Å²) in [4.78, 5) is 35.7. The van der Waals surface area contributed by atoms with Crippen molar-refractivity contribution in [1.82, 2.24) is 14.9 Å². The summed E-state index contributed by atoms with van der Waals surface area (Å²) in [6.07, 6.45) is 0. The number of urea groups is 1. The zero-order valence-corrected chi connectivity index (χ0v) is 18.7. The van der Waals surface area contributed by atoms with Gasteiger partial charge in [-0.05, 0) is 39.0 Å². The molecular formula is C19H27N3O8S. The van der Waals surface area contributed by atoms with Crippen LogP contribution < -0.4 is 15.4 Å². The molecule has 0 aromatic heterocycles. The van der Waals surface area contributed by atoms with Crippen molar-refractivity contribution in [3.63, 3.8) is 0 Å². The molecule has 3 amide bonds. The summed E-state index contributed by atoms with van der Waals surface area (Å²) in [5, 5.41) is 4.57. The van der Waals surface area contributed by atoms with E-state index in [1.807, 2.05) is 5.32 Å². The Bertz CT molecular complexity index is 934. The van der Waals surface area contributed by atoms with E-state index in [0.29, 0.717) is 0 Å². The van der Waals surface area contributed by atoms with Crippen molar-refractivity contribution in [3.8, 4) is 5.75 Å². The maximum Gasteiger partial charge on any atom is 0.338 e. The van der Waals surface area contributed by atoms with Gasteiger partial charge in [-0.3, -0.25) is 10.1 Å². The fraction of sp³-hybridized carbons (Fsp3) is 0.526. The first-order valence-corrected chi connectivity index (χ1v) is 10.9. The van der Waals surface area contributed by atoms with Gasteiger partial charge in [0, 0.05) is 18.6 Å². The topological polar surface area (TPSA) is 140 Å². The van der Waals surface area contributed by atoms with Crippen LogP contribution in [-0.2, 0) is 24.3 Å². The summed E-state index contributed by atoms with van der Waals surface area (Å²) in [5.41, 5.74) is -0.633. The van der Waals surface area contributed by atoms with Gasteiger partial charge in [-0.15, -0.1) is 0 Å². The Kier molecular flexibility index (Phi) is 7.98. The molecule has 0 bridgehead atoms. The number of hydrogen-bond acceptors (Lipinski definition) is 8. The number of imide groups is 1. The number of rotatable bonds is 6. The minimum Gasteiger partial charge on any atom is -0.495 e. The molecule has 11 nitrogen and oxygen atoms in total. The van der Waals surface area contributed by atoms with E-state index in [2.05, 4.69) is 5.32 Å². The van der Waals surface area contributed by atoms with E-state index in [9.17, 15) is 22.8 Å². The first-order chi connectivity index (χ1) is 14.4. The molecule has 172 valence electrons. The molecule has 1 heterocycles. The number of nitrogens with zero attached hydrogens (tertiary/aromatic N) is 1. The van der Waals surface area contributed by atoms with Gasteiger partial charge < -0.3 is 19.5 Å². The van der Waals surface area contributed by atoms with Crippen molar-refractivity contribution in [1.29, 1.82) is 0 Å². The third-order valence-corrected chi connectivity index (χ3v) is 5.98. The first kappa shape index (κ1) is 24.6. The van der Waals surface area contributed by atoms with Gasteiger partial charge in [0.15, 0.2) is 6.61 Å². The molecular weight excluding hydrogens is 430 g/mol. The van der Waals surface area contributed by atoms with Crippen LogP contribution in [0.2, 0.25) is 0 Å². The number of ether oxygens (including phenoxy) is 3. The van der Waals surface area contributed by atoms with Crippen LogP contribution in [0.3, 0.4) is 0 Å². The molecule has 1 aromatic rings. The van der Waals surface area contributed by atoms with Crippen LogP contribution in [0.15, 0.2) is 23.1 Å². The van der Waals surface area contributed by atoms with Crippen LogP contribution in [0, 0.1) is 0 Å². The van der Waals surface area contributed by atoms with Gasteiger partial charge in [-0.25, -0.2) is 18.0 Å². The summed E-state index contributed by atoms with van der Waals surface area (Å²) in [5.74, 6) is -1.68. The molecule has 2 rings (SSSR count). The Balaban J connectivity index is 2.09. The summed E-state index contributed by atoms with van der Waals surface area (Å²) >= 11 is 0. The fourth-order valence-electron chi connectivity index (χ4n) is 2.68. The number of sulfonamides is 1. The van der Waals surface area contributed by atoms with Gasteiger partial charge in [-0.2, -0.15) is 4.31 Å². The molecule has 1 aliphatic heterocycles. The number of hydrogen-bond donors (Lipinski definition) is 2. The van der Waals surface area contributed by atoms with Crippen LogP contribution in [-0.4, -0.2) is 76.2 Å². The first-order valence-electron chi connectivity index (χ1n) is 9.49. The van der Waals surface area contributed by atoms with E-state index in [1.54, 1.807) is 20.8 Å². The lowest BCUT2D eigenvalue weighted by atomic mass is 10.1. The van der Waals surface area contributed by atoms with Crippen molar-refractivity contribution in [3.05, 3.63) is 23.8 Å². The van der Waals surface area contributed by atoms with E-state index < -0.39 is 40.1 Å². The summed E-state index contributed by atoms with van der Waals surface area (Å²) in [6, 6.07) is 3.07. The van der Waals surface area contributed by atoms with Crippen molar-refractivity contribution in [2.75, 3.05) is 40.0 Å². The minimum atomic E-state index is -3.94. The van der Waals surface area contributed by atoms with Crippen LogP contribution in [0.4, 0.5) is 4.79 Å². The van der Waals surface area contributed by atoms with Crippen molar-refractivity contribution in [2.24, 2.45) is 0 Å². The van der Waals surface area contributed by atoms with E-state index in [4.69, 9.17) is 14.2 Å². The van der Waals surface area contributed by atoms with Crippen LogP contribution in [0.25, 0.3) is 0 Å². The van der Waals surface area contributed by atoms with Gasteiger partial charge in [0.05, 0.1) is 25.9 Å². The molecule has 0 spiro atoms. The summed E-state index contributed by atoms with van der Waals surface area (Å²) in [7, 11) is -2.62. The average Bonchev–Trinajstić information content (AvgIpc) is 2.70. The molecule has 1 fully saturated rings. The van der Waals surface area contributed by atoms with Gasteiger partial charge in [-0.1, -0.05) is 0 Å². The lowest BCUT2D eigenvalue weighted by molar-refractivity contribution is -0.123. The van der Waals surface area contributed by atoms with Crippen molar-refractivity contribution >= 4 is 27.9 Å². The molecule has 0 aliphatic carbocycles. The highest BCUT2D eigenvalue weighted by Crippen LogP contribution is 2.28. The summed E-state index contributed by atoms with van der Waals surface area (Å²) < 4.78 is 42.4. The molecule has 1 aromatic carbocycles. The highest BCUT2D eigenvalue weighted by atomic mass is 32.2. The van der Waals surface area contributed by atoms with Gasteiger partial charge in [0.2, 0.25) is 10.0 Å². The quantitative estimate of drug-likeness (QED) is 0.589. The zero-order valence-electron chi connectivity index (χ0n) is 17.9. The maximum absolute atomic E-state index is 13.0. The molecule has 0 unspecified atom stereocenters. The van der Waals surface area contributed by atoms with Crippen LogP contribution in [0.1, 0.15) is 31.1 Å². The second-order valence-electron chi connectivity index (χ2n) is 7.71. The van der Waals surface area contributed by atoms with Crippen LogP contribution in [0.5, 0.6) is 5.75 Å². The van der Waals surface area contributed by atoms with Crippen LogP contribution >= 0.6 is 0 Å². The Hall–Kier alpha value is -2.70. The Morgan fingerprint density at radius 1 is 1.16 bits per heavy atom. The number of methoxy groups -OCH3 is 1. The highest BCUT2D eigenvalue weighted by Gasteiger charge is 2.30. The number of carbonyl (C=O) groups is 3. The number of esters is 1. The standard InChI is InChI=1S/C19H27N3O8S/c1-19(2,3)21-18(25)20-16(23)12-30-17(24)13-5-6-14(28-4)15(11-13)31(26,27)22-7-9-29-10-8-22/h5-6,11H,7-10,12H2,1-4H3,(H2,20,21,23,25). The maximum atomic E-state index is 13.0. The number of nitrogens with one attached hydrogen (secondary N) is 2. The monoisotopic (exact) mass is 457 g/mol. The van der Waals surface area contributed by atoms with Gasteiger partial charge in [0.25, 0.3) is 5.91 Å². The molecule has 31 heavy (non-hydrogen) atoms. The van der Waals surface area contributed by atoms with E-state index in [-0.39, 0.29) is 42.5 Å². The predicted octanol–water partition coefficient (Wildman–Crippen LogP) is 0.497. The molecule has 12 heteroatoms. The smallest absolute Gasteiger partial charge is 0.338 e. The minimum absolute atomic E-state index is 0.0691. The SMILES string of the molecule is COc1ccc(C(=O)OCC(=O)NC(=O)NC(C)(C)C)cc1S(=O)(=O)N1CCOCC1. The average molecular weight is 458 g/mol. The van der Waals surface area contributed by atoms with E-state index in [0.717, 1.165) is 6.07 Å². The number of benzene rings is 1. The lowest BCUT2D eigenvalue weighted by Gasteiger charge is -2.26.